The van der Waals surface area contributed by atoms with Crippen molar-refractivity contribution in [1.29, 1.82) is 5.41 Å². The third-order valence-corrected chi connectivity index (χ3v) is 4.38. The van der Waals surface area contributed by atoms with Crippen molar-refractivity contribution in [2.24, 2.45) is 11.5 Å². The van der Waals surface area contributed by atoms with Crippen molar-refractivity contribution in [2.45, 2.75) is 38.9 Å². The highest BCUT2D eigenvalue weighted by molar-refractivity contribution is 6.56. The lowest BCUT2D eigenvalue weighted by Gasteiger charge is -2.32. The molecule has 2 rings (SSSR count). The molecule has 22 heavy (non-hydrogen) atoms. The molecule has 1 saturated heterocycles. The molecule has 1 aromatic rings. The number of hydrogen-bond donors (Lipinski definition) is 3. The van der Waals surface area contributed by atoms with Gasteiger partial charge in [-0.2, -0.15) is 0 Å². The van der Waals surface area contributed by atoms with Crippen molar-refractivity contribution in [1.82, 2.24) is 0 Å². The molecular formula is C16H24BN3O2. The molecule has 5 nitrogen and oxygen atoms in total. The number of benzene rings is 1. The molecule has 118 valence electrons. The summed E-state index contributed by atoms with van der Waals surface area (Å²) >= 11 is 0. The smallest absolute Gasteiger partial charge is 0.400 e. The summed E-state index contributed by atoms with van der Waals surface area (Å²) in [4.78, 5) is 0. The number of hydrogen-bond acceptors (Lipinski definition) is 4. The van der Waals surface area contributed by atoms with Gasteiger partial charge in [0.2, 0.25) is 0 Å². The van der Waals surface area contributed by atoms with Crippen LogP contribution in [0.1, 0.15) is 38.8 Å². The summed E-state index contributed by atoms with van der Waals surface area (Å²) in [7, 11) is -0.491. The lowest BCUT2D eigenvalue weighted by Crippen LogP contribution is -2.41. The lowest BCUT2D eigenvalue weighted by molar-refractivity contribution is 0.00578. The molecule has 0 spiro atoms. The zero-order valence-electron chi connectivity index (χ0n) is 13.6. The van der Waals surface area contributed by atoms with Crippen LogP contribution in [-0.4, -0.2) is 30.7 Å². The van der Waals surface area contributed by atoms with Crippen molar-refractivity contribution < 1.29 is 9.31 Å². The Labute approximate surface area is 132 Å². The Morgan fingerprint density at radius 2 is 1.73 bits per heavy atom. The molecule has 1 fully saturated rings. The van der Waals surface area contributed by atoms with Crippen molar-refractivity contribution in [3.63, 3.8) is 0 Å². The van der Waals surface area contributed by atoms with Gasteiger partial charge in [0.15, 0.2) is 0 Å². The average Bonchev–Trinajstić information content (AvgIpc) is 2.64. The van der Waals surface area contributed by atoms with Gasteiger partial charge in [-0.1, -0.05) is 30.3 Å². The van der Waals surface area contributed by atoms with E-state index in [2.05, 4.69) is 0 Å². The molecule has 1 aliphatic heterocycles. The van der Waals surface area contributed by atoms with Gasteiger partial charge in [-0.05, 0) is 38.7 Å². The maximum absolute atomic E-state index is 7.67. The fourth-order valence-corrected chi connectivity index (χ4v) is 2.29. The Bertz CT molecular complexity index is 595. The van der Waals surface area contributed by atoms with Gasteiger partial charge in [0, 0.05) is 12.1 Å². The predicted molar refractivity (Wildman–Crippen MR) is 90.6 cm³/mol. The second-order valence-electron chi connectivity index (χ2n) is 6.51. The van der Waals surface area contributed by atoms with E-state index in [4.69, 9.17) is 26.2 Å². The highest BCUT2D eigenvalue weighted by Crippen LogP contribution is 2.38. The third kappa shape index (κ3) is 3.09. The Balaban J connectivity index is 2.36. The van der Waals surface area contributed by atoms with E-state index in [1.807, 2.05) is 58.0 Å². The highest BCUT2D eigenvalue weighted by atomic mass is 16.7. The number of rotatable bonds is 4. The topological polar surface area (TPSA) is 94.3 Å². The summed E-state index contributed by atoms with van der Waals surface area (Å²) in [6.07, 6.45) is 1.90. The zero-order valence-corrected chi connectivity index (χ0v) is 13.6. The summed E-state index contributed by atoms with van der Waals surface area (Å²) in [5.41, 5.74) is 13.0. The summed E-state index contributed by atoms with van der Waals surface area (Å²) in [6.45, 7) is 8.33. The van der Waals surface area contributed by atoms with Crippen molar-refractivity contribution in [2.75, 3.05) is 6.54 Å². The van der Waals surface area contributed by atoms with E-state index in [0.29, 0.717) is 12.1 Å². The molecule has 0 aromatic heterocycles. The summed E-state index contributed by atoms with van der Waals surface area (Å²) < 4.78 is 12.1. The van der Waals surface area contributed by atoms with Crippen LogP contribution in [0.3, 0.4) is 0 Å². The molecule has 0 saturated carbocycles. The number of amidine groups is 1. The van der Waals surface area contributed by atoms with E-state index in [9.17, 15) is 0 Å². The first kappa shape index (κ1) is 16.7. The van der Waals surface area contributed by atoms with Crippen LogP contribution in [0.2, 0.25) is 0 Å². The molecule has 5 N–H and O–H groups in total. The van der Waals surface area contributed by atoms with E-state index in [0.717, 1.165) is 11.0 Å². The van der Waals surface area contributed by atoms with Crippen LogP contribution in [-0.2, 0) is 9.31 Å². The second-order valence-corrected chi connectivity index (χ2v) is 6.51. The van der Waals surface area contributed by atoms with Crippen LogP contribution in [0.25, 0.3) is 6.08 Å². The van der Waals surface area contributed by atoms with Gasteiger partial charge in [-0.25, -0.2) is 0 Å². The first-order valence-electron chi connectivity index (χ1n) is 7.37. The van der Waals surface area contributed by atoms with Gasteiger partial charge in [-0.15, -0.1) is 0 Å². The number of nitrogen functional groups attached to an aromatic ring is 1. The molecule has 0 atom stereocenters. The molecule has 0 radical (unpaired) electrons. The monoisotopic (exact) mass is 301 g/mol. The molecule has 0 bridgehead atoms. The van der Waals surface area contributed by atoms with Crippen LogP contribution in [0.5, 0.6) is 0 Å². The average molecular weight is 301 g/mol. The maximum Gasteiger partial charge on any atom is 0.491 e. The van der Waals surface area contributed by atoms with E-state index in [1.54, 1.807) is 0 Å². The number of nitrogens with one attached hydrogen (secondary N) is 1. The minimum atomic E-state index is -0.491. The maximum atomic E-state index is 7.67. The molecule has 0 amide bonds. The van der Waals surface area contributed by atoms with Gasteiger partial charge >= 0.3 is 7.12 Å². The van der Waals surface area contributed by atoms with Crippen LogP contribution in [0, 0.1) is 5.41 Å². The normalized spacial score (nSPS) is 20.2. The van der Waals surface area contributed by atoms with Crippen molar-refractivity contribution >= 4 is 19.0 Å². The van der Waals surface area contributed by atoms with Crippen LogP contribution < -0.4 is 11.5 Å². The third-order valence-electron chi connectivity index (χ3n) is 4.38. The van der Waals surface area contributed by atoms with Crippen molar-refractivity contribution in [3.05, 3.63) is 40.9 Å². The Kier molecular flexibility index (Phi) is 4.47. The van der Waals surface area contributed by atoms with E-state index < -0.39 is 18.3 Å². The van der Waals surface area contributed by atoms with E-state index in [1.165, 1.54) is 0 Å². The summed E-state index contributed by atoms with van der Waals surface area (Å²) in [6, 6.07) is 7.46. The predicted octanol–water partition coefficient (Wildman–Crippen LogP) is 1.94. The van der Waals surface area contributed by atoms with Gasteiger partial charge in [0.1, 0.15) is 5.84 Å². The first-order chi connectivity index (χ1) is 10.2. The molecule has 1 aromatic carbocycles. The molecule has 6 heteroatoms. The molecule has 0 aliphatic carbocycles. The van der Waals surface area contributed by atoms with Gasteiger partial charge in [0.05, 0.1) is 11.2 Å². The molecule has 0 unspecified atom stereocenters. The van der Waals surface area contributed by atoms with Crippen molar-refractivity contribution in [3.8, 4) is 0 Å². The second kappa shape index (κ2) is 5.87. The first-order valence-corrected chi connectivity index (χ1v) is 7.37. The summed E-state index contributed by atoms with van der Waals surface area (Å²) in [5.74, 6) is 0.0251. The van der Waals surface area contributed by atoms with Crippen LogP contribution in [0.4, 0.5) is 0 Å². The van der Waals surface area contributed by atoms with Gasteiger partial charge < -0.3 is 20.8 Å². The highest BCUT2D eigenvalue weighted by Gasteiger charge is 2.52. The van der Waals surface area contributed by atoms with Gasteiger partial charge in [0.25, 0.3) is 0 Å². The standard InChI is InChI=1S/C16H24BN3O2/c1-15(2)16(3,4)22-17(21-15)12(10-18)9-11-7-5-6-8-13(11)14(19)20/h5-9H,10,18H2,1-4H3,(H3,19,20). The SMILES string of the molecule is CC1(C)OB(C(=Cc2ccccc2C(=N)N)CN)OC1(C)C. The van der Waals surface area contributed by atoms with Crippen LogP contribution in [0.15, 0.2) is 29.7 Å². The van der Waals surface area contributed by atoms with E-state index in [-0.39, 0.29) is 5.84 Å². The van der Waals surface area contributed by atoms with E-state index >= 15 is 0 Å². The Hall–Kier alpha value is -1.63. The molecular weight excluding hydrogens is 277 g/mol. The van der Waals surface area contributed by atoms with Crippen LogP contribution >= 0.6 is 0 Å². The zero-order chi connectivity index (χ0) is 16.5. The van der Waals surface area contributed by atoms with Gasteiger partial charge in [-0.3, -0.25) is 5.41 Å². The molecule has 1 aliphatic rings. The fourth-order valence-electron chi connectivity index (χ4n) is 2.29. The largest absolute Gasteiger partial charge is 0.491 e. The fraction of sp³-hybridized carbons (Fsp3) is 0.438. The number of nitrogens with two attached hydrogens (primary N) is 2. The Morgan fingerprint density at radius 1 is 1.18 bits per heavy atom. The quantitative estimate of drug-likeness (QED) is 0.450. The molecule has 1 heterocycles. The Morgan fingerprint density at radius 3 is 2.23 bits per heavy atom. The minimum absolute atomic E-state index is 0.0251. The minimum Gasteiger partial charge on any atom is -0.400 e. The summed E-state index contributed by atoms with van der Waals surface area (Å²) in [5, 5.41) is 7.67. The lowest BCUT2D eigenvalue weighted by atomic mass is 9.77.